The second kappa shape index (κ2) is 10.7. The van der Waals surface area contributed by atoms with Crippen molar-refractivity contribution >= 4 is 5.96 Å². The van der Waals surface area contributed by atoms with Gasteiger partial charge in [-0.25, -0.2) is 0 Å². The van der Waals surface area contributed by atoms with Crippen molar-refractivity contribution < 1.29 is 4.74 Å². The fraction of sp³-hybridized carbons (Fsp3) is 0.682. The summed E-state index contributed by atoms with van der Waals surface area (Å²) < 4.78 is 5.45. The molecule has 0 spiro atoms. The zero-order chi connectivity index (χ0) is 20.6. The van der Waals surface area contributed by atoms with Crippen molar-refractivity contribution in [2.45, 2.75) is 45.2 Å². The van der Waals surface area contributed by atoms with Gasteiger partial charge in [-0.1, -0.05) is 12.1 Å². The van der Waals surface area contributed by atoms with E-state index in [0.717, 1.165) is 44.4 Å². The van der Waals surface area contributed by atoms with Gasteiger partial charge in [-0.05, 0) is 78.5 Å². The zero-order valence-electron chi connectivity index (χ0n) is 18.6. The van der Waals surface area contributed by atoms with E-state index in [0.29, 0.717) is 6.04 Å². The van der Waals surface area contributed by atoms with Crippen LogP contribution in [0, 0.1) is 0 Å². The first kappa shape index (κ1) is 22.5. The van der Waals surface area contributed by atoms with Gasteiger partial charge in [0.25, 0.3) is 0 Å². The first-order valence-corrected chi connectivity index (χ1v) is 10.4. The highest BCUT2D eigenvalue weighted by molar-refractivity contribution is 5.79. The van der Waals surface area contributed by atoms with Crippen molar-refractivity contribution in [2.24, 2.45) is 4.99 Å². The predicted octanol–water partition coefficient (Wildman–Crippen LogP) is 2.73. The molecule has 0 aliphatic carbocycles. The van der Waals surface area contributed by atoms with Crippen LogP contribution in [0.3, 0.4) is 0 Å². The Balaban J connectivity index is 2.13. The molecule has 0 aromatic heterocycles. The molecule has 0 saturated carbocycles. The van der Waals surface area contributed by atoms with Gasteiger partial charge in [0.15, 0.2) is 5.96 Å². The van der Waals surface area contributed by atoms with E-state index in [4.69, 9.17) is 9.73 Å². The van der Waals surface area contributed by atoms with Gasteiger partial charge in [0, 0.05) is 18.6 Å². The molecule has 1 aromatic rings. The Morgan fingerprint density at radius 2 is 1.96 bits per heavy atom. The van der Waals surface area contributed by atoms with E-state index in [1.165, 1.54) is 18.4 Å². The number of aliphatic imine (C=N–C) groups is 1. The molecule has 1 fully saturated rings. The summed E-state index contributed by atoms with van der Waals surface area (Å²) in [5.41, 5.74) is 1.31. The Bertz CT molecular complexity index is 623. The van der Waals surface area contributed by atoms with E-state index in [2.05, 4.69) is 73.5 Å². The van der Waals surface area contributed by atoms with E-state index in [1.54, 1.807) is 7.11 Å². The Morgan fingerprint density at radius 3 is 2.57 bits per heavy atom. The molecule has 1 saturated heterocycles. The number of likely N-dealkylation sites (tertiary alicyclic amines) is 1. The predicted molar refractivity (Wildman–Crippen MR) is 118 cm³/mol. The molecule has 6 heteroatoms. The Hall–Kier alpha value is -1.79. The Labute approximate surface area is 171 Å². The van der Waals surface area contributed by atoms with Crippen LogP contribution in [0.2, 0.25) is 0 Å². The molecule has 28 heavy (non-hydrogen) atoms. The molecule has 0 amide bonds. The highest BCUT2D eigenvalue weighted by atomic mass is 16.5. The molecule has 1 unspecified atom stereocenters. The zero-order valence-corrected chi connectivity index (χ0v) is 18.6. The molecule has 1 aliphatic heterocycles. The van der Waals surface area contributed by atoms with E-state index < -0.39 is 0 Å². The number of nitrogens with one attached hydrogen (secondary N) is 2. The first-order chi connectivity index (χ1) is 13.4. The molecule has 1 aromatic carbocycles. The van der Waals surface area contributed by atoms with Crippen LogP contribution in [0.15, 0.2) is 29.3 Å². The van der Waals surface area contributed by atoms with Gasteiger partial charge in [-0.15, -0.1) is 0 Å². The van der Waals surface area contributed by atoms with Gasteiger partial charge in [0.1, 0.15) is 5.75 Å². The molecular weight excluding hydrogens is 350 g/mol. The highest BCUT2D eigenvalue weighted by Crippen LogP contribution is 2.27. The van der Waals surface area contributed by atoms with Crippen LogP contribution in [-0.4, -0.2) is 75.2 Å². The van der Waals surface area contributed by atoms with Gasteiger partial charge in [-0.3, -0.25) is 9.89 Å². The summed E-state index contributed by atoms with van der Waals surface area (Å²) in [6.07, 6.45) is 2.54. The number of ether oxygens (including phenoxy) is 1. The van der Waals surface area contributed by atoms with Crippen LogP contribution < -0.4 is 15.4 Å². The third kappa shape index (κ3) is 6.38. The first-order valence-electron chi connectivity index (χ1n) is 10.4. The molecule has 1 aliphatic rings. The monoisotopic (exact) mass is 389 g/mol. The minimum absolute atomic E-state index is 0.0174. The maximum atomic E-state index is 5.45. The number of hydrogen-bond donors (Lipinski definition) is 2. The molecule has 0 radical (unpaired) electrons. The smallest absolute Gasteiger partial charge is 0.191 e. The quantitative estimate of drug-likeness (QED) is 0.502. The van der Waals surface area contributed by atoms with Crippen LogP contribution in [-0.2, 0) is 0 Å². The number of nitrogens with zero attached hydrogens (tertiary/aromatic N) is 3. The Kier molecular flexibility index (Phi) is 8.58. The number of hydrogen-bond acceptors (Lipinski definition) is 4. The lowest BCUT2D eigenvalue weighted by atomic mass is 10.0. The molecule has 2 N–H and O–H groups in total. The van der Waals surface area contributed by atoms with Gasteiger partial charge in [-0.2, -0.15) is 0 Å². The summed E-state index contributed by atoms with van der Waals surface area (Å²) in [6, 6.07) is 8.75. The van der Waals surface area contributed by atoms with E-state index in [9.17, 15) is 0 Å². The van der Waals surface area contributed by atoms with Crippen LogP contribution in [0.25, 0.3) is 0 Å². The Morgan fingerprint density at radius 1 is 1.25 bits per heavy atom. The highest BCUT2D eigenvalue weighted by Gasteiger charge is 2.24. The number of benzene rings is 1. The van der Waals surface area contributed by atoms with Crippen molar-refractivity contribution in [3.8, 4) is 5.75 Å². The average molecular weight is 390 g/mol. The SMILES string of the molecule is CCNC(=NCC(C)(C)N(C)C)NCC(c1cccc(OC)c1)N1CCCC1. The summed E-state index contributed by atoms with van der Waals surface area (Å²) in [4.78, 5) is 9.62. The van der Waals surface area contributed by atoms with E-state index >= 15 is 0 Å². The minimum Gasteiger partial charge on any atom is -0.497 e. The molecule has 0 bridgehead atoms. The largest absolute Gasteiger partial charge is 0.497 e. The molecule has 158 valence electrons. The summed E-state index contributed by atoms with van der Waals surface area (Å²) in [6.45, 7) is 11.2. The third-order valence-corrected chi connectivity index (χ3v) is 5.70. The van der Waals surface area contributed by atoms with Gasteiger partial charge < -0.3 is 20.3 Å². The fourth-order valence-corrected chi connectivity index (χ4v) is 3.31. The molecule has 2 rings (SSSR count). The van der Waals surface area contributed by atoms with Gasteiger partial charge in [0.2, 0.25) is 0 Å². The maximum absolute atomic E-state index is 5.45. The summed E-state index contributed by atoms with van der Waals surface area (Å²) >= 11 is 0. The summed E-state index contributed by atoms with van der Waals surface area (Å²) in [5, 5.41) is 6.97. The van der Waals surface area contributed by atoms with Gasteiger partial charge >= 0.3 is 0 Å². The second-order valence-corrected chi connectivity index (χ2v) is 8.32. The van der Waals surface area contributed by atoms with Crippen LogP contribution >= 0.6 is 0 Å². The average Bonchev–Trinajstić information content (AvgIpc) is 3.20. The molecular formula is C22H39N5O. The lowest BCUT2D eigenvalue weighted by Crippen LogP contribution is -2.45. The van der Waals surface area contributed by atoms with Crippen LogP contribution in [0.1, 0.15) is 45.2 Å². The van der Waals surface area contributed by atoms with Crippen molar-refractivity contribution in [3.05, 3.63) is 29.8 Å². The van der Waals surface area contributed by atoms with Crippen molar-refractivity contribution in [3.63, 3.8) is 0 Å². The molecule has 1 atom stereocenters. The fourth-order valence-electron chi connectivity index (χ4n) is 3.31. The van der Waals surface area contributed by atoms with E-state index in [1.807, 2.05) is 6.07 Å². The third-order valence-electron chi connectivity index (χ3n) is 5.70. The van der Waals surface area contributed by atoms with Gasteiger partial charge in [0.05, 0.1) is 19.7 Å². The molecule has 6 nitrogen and oxygen atoms in total. The van der Waals surface area contributed by atoms with E-state index in [-0.39, 0.29) is 5.54 Å². The topological polar surface area (TPSA) is 52.1 Å². The second-order valence-electron chi connectivity index (χ2n) is 8.32. The number of methoxy groups -OCH3 is 1. The van der Waals surface area contributed by atoms with Crippen molar-refractivity contribution in [2.75, 3.05) is 53.9 Å². The maximum Gasteiger partial charge on any atom is 0.191 e. The van der Waals surface area contributed by atoms with Crippen molar-refractivity contribution in [1.82, 2.24) is 20.4 Å². The van der Waals surface area contributed by atoms with Crippen LogP contribution in [0.5, 0.6) is 5.75 Å². The lowest BCUT2D eigenvalue weighted by Gasteiger charge is -2.31. The number of guanidine groups is 1. The number of likely N-dealkylation sites (N-methyl/N-ethyl adjacent to an activating group) is 1. The standard InChI is InChI=1S/C22H39N5O/c1-7-23-21(25-17-22(2,3)26(4)5)24-16-20(27-13-8-9-14-27)18-11-10-12-19(15-18)28-6/h10-12,15,20H,7-9,13-14,16-17H2,1-6H3,(H2,23,24,25). The lowest BCUT2D eigenvalue weighted by molar-refractivity contribution is 0.204. The molecule has 1 heterocycles. The normalized spacial score (nSPS) is 17.0. The van der Waals surface area contributed by atoms with Crippen LogP contribution in [0.4, 0.5) is 0 Å². The summed E-state index contributed by atoms with van der Waals surface area (Å²) in [7, 11) is 5.93. The van der Waals surface area contributed by atoms with Crippen molar-refractivity contribution in [1.29, 1.82) is 0 Å². The number of rotatable bonds is 9. The minimum atomic E-state index is 0.0174. The summed E-state index contributed by atoms with van der Waals surface area (Å²) in [5.74, 6) is 1.79.